The molecular weight excluding hydrogens is 458 g/mol. The monoisotopic (exact) mass is 485 g/mol. The van der Waals surface area contributed by atoms with E-state index in [0.717, 1.165) is 26.6 Å². The second-order valence-corrected chi connectivity index (χ2v) is 10.2. The van der Waals surface area contributed by atoms with Gasteiger partial charge in [0.05, 0.1) is 10.6 Å². The van der Waals surface area contributed by atoms with E-state index in [0.29, 0.717) is 17.0 Å². The SMILES string of the molecule is Cc1ccc(S(=O)(=O)N(C(=O)COc2ccc(-c3ccccc3)cc2)c2cccc(C)c2C)cc1. The normalized spacial score (nSPS) is 11.2. The fourth-order valence-electron chi connectivity index (χ4n) is 3.75. The van der Waals surface area contributed by atoms with Crippen molar-refractivity contribution in [3.05, 3.63) is 114 Å². The Morgan fingerprint density at radius 3 is 2.03 bits per heavy atom. The summed E-state index contributed by atoms with van der Waals surface area (Å²) in [7, 11) is -4.15. The first-order valence-electron chi connectivity index (χ1n) is 11.3. The minimum absolute atomic E-state index is 0.0459. The molecule has 0 saturated heterocycles. The lowest BCUT2D eigenvalue weighted by molar-refractivity contribution is -0.119. The number of aryl methyl sites for hydroxylation is 2. The zero-order valence-electron chi connectivity index (χ0n) is 19.9. The van der Waals surface area contributed by atoms with Crippen LogP contribution in [0.25, 0.3) is 11.1 Å². The molecular formula is C29H27NO4S. The molecule has 6 heteroatoms. The molecule has 0 spiro atoms. The maximum atomic E-state index is 13.6. The molecule has 0 aromatic heterocycles. The van der Waals surface area contributed by atoms with Crippen molar-refractivity contribution in [2.75, 3.05) is 10.9 Å². The quantitative estimate of drug-likeness (QED) is 0.318. The van der Waals surface area contributed by atoms with Crippen molar-refractivity contribution in [3.8, 4) is 16.9 Å². The molecule has 0 atom stereocenters. The van der Waals surface area contributed by atoms with Gasteiger partial charge in [-0.05, 0) is 73.4 Å². The first-order valence-corrected chi connectivity index (χ1v) is 12.7. The standard InChI is InChI=1S/C29H27NO4S/c1-21-12-18-27(19-13-21)35(32,33)30(28-11-7-8-22(2)23(28)3)29(31)20-34-26-16-14-25(15-17-26)24-9-5-4-6-10-24/h4-19H,20H2,1-3H3. The molecule has 0 aliphatic rings. The highest BCUT2D eigenvalue weighted by atomic mass is 32.2. The molecule has 35 heavy (non-hydrogen) atoms. The van der Waals surface area contributed by atoms with Crippen LogP contribution < -0.4 is 9.04 Å². The van der Waals surface area contributed by atoms with Crippen LogP contribution in [0.4, 0.5) is 5.69 Å². The number of rotatable bonds is 7. The van der Waals surface area contributed by atoms with Gasteiger partial charge >= 0.3 is 0 Å². The van der Waals surface area contributed by atoms with Gasteiger partial charge in [-0.2, -0.15) is 4.31 Å². The number of carbonyl (C=O) groups excluding carboxylic acids is 1. The van der Waals surface area contributed by atoms with Crippen LogP contribution in [0.1, 0.15) is 16.7 Å². The van der Waals surface area contributed by atoms with Crippen LogP contribution in [0.15, 0.2) is 102 Å². The van der Waals surface area contributed by atoms with Crippen LogP contribution in [0, 0.1) is 20.8 Å². The largest absolute Gasteiger partial charge is 0.484 e. The van der Waals surface area contributed by atoms with E-state index in [9.17, 15) is 13.2 Å². The highest BCUT2D eigenvalue weighted by molar-refractivity contribution is 7.93. The molecule has 0 N–H and O–H groups in total. The lowest BCUT2D eigenvalue weighted by atomic mass is 10.1. The summed E-state index contributed by atoms with van der Waals surface area (Å²) in [5.74, 6) is -0.196. The van der Waals surface area contributed by atoms with E-state index in [1.807, 2.05) is 62.4 Å². The third kappa shape index (κ3) is 5.28. The van der Waals surface area contributed by atoms with E-state index in [-0.39, 0.29) is 4.90 Å². The Balaban J connectivity index is 1.62. The van der Waals surface area contributed by atoms with Gasteiger partial charge in [-0.3, -0.25) is 4.79 Å². The summed E-state index contributed by atoms with van der Waals surface area (Å²) in [5.41, 5.74) is 4.93. The molecule has 0 unspecified atom stereocenters. The number of hydrogen-bond donors (Lipinski definition) is 0. The van der Waals surface area contributed by atoms with Gasteiger partial charge in [0.1, 0.15) is 5.75 Å². The Kier molecular flexibility index (Phi) is 7.03. The van der Waals surface area contributed by atoms with Gasteiger partial charge in [0.15, 0.2) is 6.61 Å². The molecule has 0 heterocycles. The van der Waals surface area contributed by atoms with E-state index < -0.39 is 22.5 Å². The Hall–Kier alpha value is -3.90. The maximum Gasteiger partial charge on any atom is 0.278 e. The van der Waals surface area contributed by atoms with Gasteiger partial charge in [0.2, 0.25) is 0 Å². The number of nitrogens with zero attached hydrogens (tertiary/aromatic N) is 1. The van der Waals surface area contributed by atoms with E-state index >= 15 is 0 Å². The summed E-state index contributed by atoms with van der Waals surface area (Å²) in [4.78, 5) is 13.4. The number of benzene rings is 4. The third-order valence-electron chi connectivity index (χ3n) is 5.90. The topological polar surface area (TPSA) is 63.7 Å². The Bertz CT molecular complexity index is 1430. The smallest absolute Gasteiger partial charge is 0.278 e. The summed E-state index contributed by atoms with van der Waals surface area (Å²) in [6, 6.07) is 29.0. The van der Waals surface area contributed by atoms with Gasteiger partial charge in [0.25, 0.3) is 15.9 Å². The van der Waals surface area contributed by atoms with Gasteiger partial charge in [-0.1, -0.05) is 72.3 Å². The summed E-state index contributed by atoms with van der Waals surface area (Å²) >= 11 is 0. The van der Waals surface area contributed by atoms with Crippen LogP contribution in [-0.2, 0) is 14.8 Å². The Morgan fingerprint density at radius 2 is 1.37 bits per heavy atom. The Morgan fingerprint density at radius 1 is 0.743 bits per heavy atom. The van der Waals surface area contributed by atoms with Crippen molar-refractivity contribution in [3.63, 3.8) is 0 Å². The molecule has 0 aliphatic carbocycles. The molecule has 0 radical (unpaired) electrons. The maximum absolute atomic E-state index is 13.6. The van der Waals surface area contributed by atoms with Crippen molar-refractivity contribution in [2.45, 2.75) is 25.7 Å². The van der Waals surface area contributed by atoms with Crippen LogP contribution >= 0.6 is 0 Å². The van der Waals surface area contributed by atoms with Crippen LogP contribution in [-0.4, -0.2) is 20.9 Å². The lowest BCUT2D eigenvalue weighted by Crippen LogP contribution is -2.40. The van der Waals surface area contributed by atoms with E-state index in [4.69, 9.17) is 4.74 Å². The van der Waals surface area contributed by atoms with E-state index in [1.54, 1.807) is 43.3 Å². The van der Waals surface area contributed by atoms with Crippen LogP contribution in [0.2, 0.25) is 0 Å². The molecule has 0 aliphatic heterocycles. The minimum atomic E-state index is -4.15. The zero-order valence-corrected chi connectivity index (χ0v) is 20.7. The molecule has 4 rings (SSSR count). The number of carbonyl (C=O) groups is 1. The lowest BCUT2D eigenvalue weighted by Gasteiger charge is -2.25. The summed E-state index contributed by atoms with van der Waals surface area (Å²) in [6.45, 7) is 5.13. The fraction of sp³-hybridized carbons (Fsp3) is 0.138. The number of amides is 1. The summed E-state index contributed by atoms with van der Waals surface area (Å²) in [6.07, 6.45) is 0. The Labute approximate surface area is 206 Å². The molecule has 1 amide bonds. The summed E-state index contributed by atoms with van der Waals surface area (Å²) in [5, 5.41) is 0. The van der Waals surface area contributed by atoms with Crippen LogP contribution in [0.5, 0.6) is 5.75 Å². The molecule has 0 fully saturated rings. The summed E-state index contributed by atoms with van der Waals surface area (Å²) < 4.78 is 33.8. The van der Waals surface area contributed by atoms with Gasteiger partial charge in [0, 0.05) is 0 Å². The second kappa shape index (κ2) is 10.2. The van der Waals surface area contributed by atoms with Crippen molar-refractivity contribution in [2.24, 2.45) is 0 Å². The zero-order chi connectivity index (χ0) is 25.0. The van der Waals surface area contributed by atoms with E-state index in [1.165, 1.54) is 12.1 Å². The highest BCUT2D eigenvalue weighted by Crippen LogP contribution is 2.29. The average molecular weight is 486 g/mol. The molecule has 0 bridgehead atoms. The first-order chi connectivity index (χ1) is 16.8. The second-order valence-electron chi connectivity index (χ2n) is 8.37. The fourth-order valence-corrected chi connectivity index (χ4v) is 5.22. The molecule has 178 valence electrons. The van der Waals surface area contributed by atoms with Crippen molar-refractivity contribution in [1.29, 1.82) is 0 Å². The van der Waals surface area contributed by atoms with Crippen molar-refractivity contribution >= 4 is 21.6 Å². The number of ether oxygens (including phenoxy) is 1. The molecule has 4 aromatic carbocycles. The first kappa shape index (κ1) is 24.2. The van der Waals surface area contributed by atoms with Gasteiger partial charge in [-0.25, -0.2) is 8.42 Å². The van der Waals surface area contributed by atoms with Crippen molar-refractivity contribution < 1.29 is 17.9 Å². The molecule has 0 saturated carbocycles. The van der Waals surface area contributed by atoms with Crippen LogP contribution in [0.3, 0.4) is 0 Å². The highest BCUT2D eigenvalue weighted by Gasteiger charge is 2.32. The third-order valence-corrected chi connectivity index (χ3v) is 7.65. The van der Waals surface area contributed by atoms with Crippen molar-refractivity contribution in [1.82, 2.24) is 0 Å². The number of sulfonamides is 1. The predicted molar refractivity (Wildman–Crippen MR) is 139 cm³/mol. The minimum Gasteiger partial charge on any atom is -0.484 e. The predicted octanol–water partition coefficient (Wildman–Crippen LogP) is 6.08. The molecule has 5 nitrogen and oxygen atoms in total. The average Bonchev–Trinajstić information content (AvgIpc) is 2.86. The molecule has 4 aromatic rings. The van der Waals surface area contributed by atoms with Gasteiger partial charge < -0.3 is 4.74 Å². The number of hydrogen-bond acceptors (Lipinski definition) is 4. The van der Waals surface area contributed by atoms with Gasteiger partial charge in [-0.15, -0.1) is 0 Å². The number of anilines is 1. The van der Waals surface area contributed by atoms with E-state index in [2.05, 4.69) is 0 Å².